The summed E-state index contributed by atoms with van der Waals surface area (Å²) in [6.45, 7) is 11.4. The average molecular weight is 393 g/mol. The van der Waals surface area contributed by atoms with Crippen LogP contribution in [0.4, 0.5) is 0 Å². The summed E-state index contributed by atoms with van der Waals surface area (Å²) in [5.74, 6) is 1.19. The summed E-state index contributed by atoms with van der Waals surface area (Å²) < 4.78 is 16.6. The Balaban J connectivity index is 1.90. The fraction of sp³-hybridized carbons (Fsp3) is 0.333. The van der Waals surface area contributed by atoms with E-state index in [9.17, 15) is 4.79 Å². The Morgan fingerprint density at radius 2 is 1.69 bits per heavy atom. The molecular formula is C24H27NO4. The predicted octanol–water partition coefficient (Wildman–Crippen LogP) is 5.13. The average Bonchev–Trinajstić information content (AvgIpc) is 3.04. The number of hydrogen-bond donors (Lipinski definition) is 0. The lowest BCUT2D eigenvalue weighted by molar-refractivity contribution is -0.129. The van der Waals surface area contributed by atoms with E-state index in [1.54, 1.807) is 6.08 Å². The second-order valence-electron chi connectivity index (χ2n) is 7.73. The Kier molecular flexibility index (Phi) is 6.06. The fourth-order valence-electron chi connectivity index (χ4n) is 2.96. The van der Waals surface area contributed by atoms with Crippen LogP contribution in [0, 0.1) is 0 Å². The maximum absolute atomic E-state index is 12.4. The number of hydrogen-bond acceptors (Lipinski definition) is 5. The molecule has 0 saturated heterocycles. The zero-order valence-corrected chi connectivity index (χ0v) is 17.6. The van der Waals surface area contributed by atoms with Gasteiger partial charge in [0.25, 0.3) is 0 Å². The molecule has 0 bridgehead atoms. The Morgan fingerprint density at radius 3 is 2.31 bits per heavy atom. The van der Waals surface area contributed by atoms with E-state index in [-0.39, 0.29) is 11.1 Å². The highest BCUT2D eigenvalue weighted by atomic mass is 16.6. The van der Waals surface area contributed by atoms with Crippen LogP contribution in [0.1, 0.15) is 51.3 Å². The van der Waals surface area contributed by atoms with Gasteiger partial charge in [-0.1, -0.05) is 32.9 Å². The highest BCUT2D eigenvalue weighted by Crippen LogP contribution is 2.29. The van der Waals surface area contributed by atoms with Crippen LogP contribution in [-0.4, -0.2) is 25.1 Å². The van der Waals surface area contributed by atoms with E-state index in [1.165, 1.54) is 5.56 Å². The van der Waals surface area contributed by atoms with Crippen molar-refractivity contribution in [1.82, 2.24) is 0 Å². The maximum Gasteiger partial charge on any atom is 0.363 e. The van der Waals surface area contributed by atoms with Gasteiger partial charge in [-0.05, 0) is 55.2 Å². The zero-order valence-electron chi connectivity index (χ0n) is 17.6. The predicted molar refractivity (Wildman–Crippen MR) is 115 cm³/mol. The molecule has 0 aromatic heterocycles. The van der Waals surface area contributed by atoms with Gasteiger partial charge >= 0.3 is 5.97 Å². The number of esters is 1. The lowest BCUT2D eigenvalue weighted by atomic mass is 9.87. The summed E-state index contributed by atoms with van der Waals surface area (Å²) in [5.41, 5.74) is 3.02. The van der Waals surface area contributed by atoms with Gasteiger partial charge in [0, 0.05) is 17.2 Å². The SMILES string of the molecule is CCOc1ccc(/C=C2\N=C(c3ccc(C(C)(C)C)cc3)OC2=O)c(OCC)c1. The van der Waals surface area contributed by atoms with Crippen molar-refractivity contribution in [2.75, 3.05) is 13.2 Å². The van der Waals surface area contributed by atoms with Gasteiger partial charge in [-0.15, -0.1) is 0 Å². The van der Waals surface area contributed by atoms with Crippen molar-refractivity contribution in [3.8, 4) is 11.5 Å². The van der Waals surface area contributed by atoms with Gasteiger partial charge in [-0.25, -0.2) is 9.79 Å². The van der Waals surface area contributed by atoms with E-state index in [4.69, 9.17) is 14.2 Å². The van der Waals surface area contributed by atoms with Crippen LogP contribution >= 0.6 is 0 Å². The third kappa shape index (κ3) is 4.86. The molecule has 5 heteroatoms. The van der Waals surface area contributed by atoms with Crippen molar-refractivity contribution in [3.63, 3.8) is 0 Å². The van der Waals surface area contributed by atoms with Gasteiger partial charge in [0.15, 0.2) is 5.70 Å². The van der Waals surface area contributed by atoms with E-state index in [0.29, 0.717) is 24.9 Å². The van der Waals surface area contributed by atoms with Crippen molar-refractivity contribution in [2.45, 2.75) is 40.0 Å². The fourth-order valence-corrected chi connectivity index (χ4v) is 2.96. The summed E-state index contributed by atoms with van der Waals surface area (Å²) in [6.07, 6.45) is 1.68. The standard InChI is InChI=1S/C24H27NO4/c1-6-27-19-13-10-17(21(15-19)28-7-2)14-20-23(26)29-22(25-20)16-8-11-18(12-9-16)24(3,4)5/h8-15H,6-7H2,1-5H3/b20-14-. The van der Waals surface area contributed by atoms with Gasteiger partial charge in [0.1, 0.15) is 11.5 Å². The number of carbonyl (C=O) groups excluding carboxylic acids is 1. The molecule has 0 spiro atoms. The molecule has 0 unspecified atom stereocenters. The second-order valence-corrected chi connectivity index (χ2v) is 7.73. The minimum Gasteiger partial charge on any atom is -0.494 e. The first-order valence-corrected chi connectivity index (χ1v) is 9.85. The number of carbonyl (C=O) groups is 1. The van der Waals surface area contributed by atoms with Crippen LogP contribution in [-0.2, 0) is 14.9 Å². The van der Waals surface area contributed by atoms with Crippen LogP contribution < -0.4 is 9.47 Å². The first-order valence-electron chi connectivity index (χ1n) is 9.85. The number of ether oxygens (including phenoxy) is 3. The molecule has 0 aliphatic carbocycles. The molecule has 2 aromatic rings. The van der Waals surface area contributed by atoms with Crippen molar-refractivity contribution in [3.05, 3.63) is 64.9 Å². The Morgan fingerprint density at radius 1 is 1.00 bits per heavy atom. The van der Waals surface area contributed by atoms with Crippen LogP contribution in [0.2, 0.25) is 0 Å². The van der Waals surface area contributed by atoms with Crippen molar-refractivity contribution in [2.24, 2.45) is 4.99 Å². The monoisotopic (exact) mass is 393 g/mol. The lowest BCUT2D eigenvalue weighted by Crippen LogP contribution is -2.11. The Labute approximate surface area is 172 Å². The van der Waals surface area contributed by atoms with Crippen LogP contribution in [0.3, 0.4) is 0 Å². The number of rotatable bonds is 6. The van der Waals surface area contributed by atoms with Crippen molar-refractivity contribution >= 4 is 17.9 Å². The minimum absolute atomic E-state index is 0.0566. The van der Waals surface area contributed by atoms with E-state index in [0.717, 1.165) is 16.9 Å². The van der Waals surface area contributed by atoms with Gasteiger partial charge in [0.2, 0.25) is 5.90 Å². The molecule has 1 heterocycles. The van der Waals surface area contributed by atoms with E-state index in [2.05, 4.69) is 25.8 Å². The second kappa shape index (κ2) is 8.52. The summed E-state index contributed by atoms with van der Waals surface area (Å²) >= 11 is 0. The third-order valence-electron chi connectivity index (χ3n) is 4.51. The van der Waals surface area contributed by atoms with Gasteiger partial charge < -0.3 is 14.2 Å². The van der Waals surface area contributed by atoms with E-state index >= 15 is 0 Å². The summed E-state index contributed by atoms with van der Waals surface area (Å²) in [4.78, 5) is 16.8. The molecule has 0 amide bonds. The van der Waals surface area contributed by atoms with Crippen LogP contribution in [0.15, 0.2) is 53.2 Å². The summed E-state index contributed by atoms with van der Waals surface area (Å²) in [7, 11) is 0. The molecule has 1 aliphatic rings. The molecular weight excluding hydrogens is 366 g/mol. The normalized spacial score (nSPS) is 15.3. The first-order chi connectivity index (χ1) is 13.8. The zero-order chi connectivity index (χ0) is 21.0. The first kappa shape index (κ1) is 20.6. The topological polar surface area (TPSA) is 57.1 Å². The summed E-state index contributed by atoms with van der Waals surface area (Å²) in [5, 5.41) is 0. The largest absolute Gasteiger partial charge is 0.494 e. The molecule has 29 heavy (non-hydrogen) atoms. The number of nitrogens with zero attached hydrogens (tertiary/aromatic N) is 1. The maximum atomic E-state index is 12.4. The van der Waals surface area contributed by atoms with E-state index in [1.807, 2.05) is 56.3 Å². The van der Waals surface area contributed by atoms with Crippen molar-refractivity contribution in [1.29, 1.82) is 0 Å². The number of benzene rings is 2. The highest BCUT2D eigenvalue weighted by molar-refractivity contribution is 6.13. The molecule has 0 atom stereocenters. The molecule has 1 aliphatic heterocycles. The molecule has 0 saturated carbocycles. The Bertz CT molecular complexity index is 950. The molecule has 0 radical (unpaired) electrons. The number of cyclic esters (lactones) is 1. The quantitative estimate of drug-likeness (QED) is 0.504. The third-order valence-corrected chi connectivity index (χ3v) is 4.51. The molecule has 5 nitrogen and oxygen atoms in total. The highest BCUT2D eigenvalue weighted by Gasteiger charge is 2.25. The van der Waals surface area contributed by atoms with Crippen LogP contribution in [0.5, 0.6) is 11.5 Å². The number of aliphatic imine (C=N–C) groups is 1. The molecule has 152 valence electrons. The molecule has 2 aromatic carbocycles. The minimum atomic E-state index is -0.476. The van der Waals surface area contributed by atoms with Gasteiger partial charge in [-0.2, -0.15) is 0 Å². The van der Waals surface area contributed by atoms with E-state index < -0.39 is 5.97 Å². The van der Waals surface area contributed by atoms with Crippen molar-refractivity contribution < 1.29 is 19.0 Å². The molecule has 3 rings (SSSR count). The molecule has 0 fully saturated rings. The smallest absolute Gasteiger partial charge is 0.363 e. The Hall–Kier alpha value is -3.08. The van der Waals surface area contributed by atoms with Gasteiger partial charge in [-0.3, -0.25) is 0 Å². The molecule has 0 N–H and O–H groups in total. The van der Waals surface area contributed by atoms with Crippen LogP contribution in [0.25, 0.3) is 6.08 Å². The van der Waals surface area contributed by atoms with Gasteiger partial charge in [0.05, 0.1) is 13.2 Å². The lowest BCUT2D eigenvalue weighted by Gasteiger charge is -2.18. The summed E-state index contributed by atoms with van der Waals surface area (Å²) in [6, 6.07) is 13.4.